The van der Waals surface area contributed by atoms with Gasteiger partial charge in [0.15, 0.2) is 0 Å². The number of carbonyl (C=O) groups is 1. The van der Waals surface area contributed by atoms with Gasteiger partial charge in [-0.15, -0.1) is 0 Å². The first-order valence-electron chi connectivity index (χ1n) is 6.32. The third kappa shape index (κ3) is 5.81. The van der Waals surface area contributed by atoms with E-state index in [2.05, 4.69) is 5.32 Å². The highest BCUT2D eigenvalue weighted by Crippen LogP contribution is 2.12. The molecule has 0 saturated heterocycles. The summed E-state index contributed by atoms with van der Waals surface area (Å²) in [4.78, 5) is 13.4. The van der Waals surface area contributed by atoms with E-state index in [1.807, 2.05) is 19.0 Å². The van der Waals surface area contributed by atoms with Gasteiger partial charge in [-0.2, -0.15) is 0 Å². The van der Waals surface area contributed by atoms with Gasteiger partial charge in [0.1, 0.15) is 5.82 Å². The second kappa shape index (κ2) is 7.21. The van der Waals surface area contributed by atoms with Gasteiger partial charge < -0.3 is 16.0 Å². The molecule has 0 saturated carbocycles. The van der Waals surface area contributed by atoms with Gasteiger partial charge in [0.2, 0.25) is 5.91 Å². The van der Waals surface area contributed by atoms with Crippen molar-refractivity contribution in [2.75, 3.05) is 14.1 Å². The third-order valence-electron chi connectivity index (χ3n) is 2.59. The van der Waals surface area contributed by atoms with Gasteiger partial charge >= 0.3 is 0 Å². The number of rotatable bonds is 6. The van der Waals surface area contributed by atoms with Gasteiger partial charge in [0.05, 0.1) is 0 Å². The molecule has 1 aromatic carbocycles. The second-order valence-electron chi connectivity index (χ2n) is 5.12. The van der Waals surface area contributed by atoms with Crippen LogP contribution in [-0.4, -0.2) is 30.9 Å². The molecule has 0 aliphatic heterocycles. The summed E-state index contributed by atoms with van der Waals surface area (Å²) in [6, 6.07) is 4.74. The predicted molar refractivity (Wildman–Crippen MR) is 73.9 cm³/mol. The van der Waals surface area contributed by atoms with Crippen LogP contribution in [0.15, 0.2) is 18.2 Å². The first-order valence-corrected chi connectivity index (χ1v) is 6.32. The molecule has 0 heterocycles. The third-order valence-corrected chi connectivity index (χ3v) is 2.59. The van der Waals surface area contributed by atoms with E-state index in [1.54, 1.807) is 19.1 Å². The van der Waals surface area contributed by atoms with Crippen molar-refractivity contribution in [3.05, 3.63) is 35.1 Å². The average molecular weight is 267 g/mol. The maximum atomic E-state index is 13.6. The van der Waals surface area contributed by atoms with Gasteiger partial charge in [-0.3, -0.25) is 4.79 Å². The maximum absolute atomic E-state index is 13.6. The minimum Gasteiger partial charge on any atom is -0.352 e. The lowest BCUT2D eigenvalue weighted by atomic mass is 10.1. The highest BCUT2D eigenvalue weighted by atomic mass is 19.1. The van der Waals surface area contributed by atoms with E-state index in [1.165, 1.54) is 6.07 Å². The molecular weight excluding hydrogens is 245 g/mol. The molecule has 5 heteroatoms. The van der Waals surface area contributed by atoms with Crippen LogP contribution in [-0.2, 0) is 17.9 Å². The van der Waals surface area contributed by atoms with Crippen LogP contribution in [0.1, 0.15) is 24.5 Å². The molecule has 0 spiro atoms. The van der Waals surface area contributed by atoms with Crippen molar-refractivity contribution in [3.8, 4) is 0 Å². The summed E-state index contributed by atoms with van der Waals surface area (Å²) in [6.45, 7) is 2.71. The number of nitrogens with zero attached hydrogens (tertiary/aromatic N) is 1. The fourth-order valence-electron chi connectivity index (χ4n) is 1.77. The molecule has 1 amide bonds. The fourth-order valence-corrected chi connectivity index (χ4v) is 1.77. The van der Waals surface area contributed by atoms with Crippen molar-refractivity contribution < 1.29 is 9.18 Å². The van der Waals surface area contributed by atoms with Crippen LogP contribution < -0.4 is 11.1 Å². The molecule has 1 unspecified atom stereocenters. The molecule has 0 fully saturated rings. The topological polar surface area (TPSA) is 58.4 Å². The second-order valence-corrected chi connectivity index (χ2v) is 5.12. The molecule has 0 aliphatic carbocycles. The lowest BCUT2D eigenvalue weighted by molar-refractivity contribution is -0.121. The van der Waals surface area contributed by atoms with Crippen molar-refractivity contribution in [3.63, 3.8) is 0 Å². The number of halogens is 1. The summed E-state index contributed by atoms with van der Waals surface area (Å²) in [7, 11) is 3.77. The molecule has 0 bridgehead atoms. The van der Waals surface area contributed by atoms with Gasteiger partial charge in [-0.1, -0.05) is 6.07 Å². The number of hydrogen-bond acceptors (Lipinski definition) is 3. The molecule has 0 radical (unpaired) electrons. The summed E-state index contributed by atoms with van der Waals surface area (Å²) < 4.78 is 13.6. The Kier molecular flexibility index (Phi) is 5.92. The Hall–Kier alpha value is -1.46. The first kappa shape index (κ1) is 15.6. The zero-order valence-electron chi connectivity index (χ0n) is 11.7. The molecule has 1 atom stereocenters. The zero-order valence-corrected chi connectivity index (χ0v) is 11.7. The summed E-state index contributed by atoms with van der Waals surface area (Å²) in [5.74, 6) is -0.312. The van der Waals surface area contributed by atoms with E-state index >= 15 is 0 Å². The van der Waals surface area contributed by atoms with Crippen LogP contribution in [0.2, 0.25) is 0 Å². The van der Waals surface area contributed by atoms with E-state index < -0.39 is 0 Å². The fraction of sp³-hybridized carbons (Fsp3) is 0.500. The Morgan fingerprint density at radius 3 is 2.74 bits per heavy atom. The smallest absolute Gasteiger partial charge is 0.221 e. The van der Waals surface area contributed by atoms with Crippen molar-refractivity contribution in [1.82, 2.24) is 10.2 Å². The minimum absolute atomic E-state index is 0.0894. The van der Waals surface area contributed by atoms with E-state index in [4.69, 9.17) is 5.73 Å². The van der Waals surface area contributed by atoms with Crippen LogP contribution in [0.5, 0.6) is 0 Å². The molecule has 1 rings (SSSR count). The lowest BCUT2D eigenvalue weighted by Crippen LogP contribution is -2.29. The van der Waals surface area contributed by atoms with Crippen molar-refractivity contribution in [2.45, 2.75) is 32.5 Å². The molecule has 0 aromatic heterocycles. The van der Waals surface area contributed by atoms with Crippen molar-refractivity contribution in [1.29, 1.82) is 0 Å². The number of nitrogens with two attached hydrogens (primary N) is 1. The SMILES string of the molecule is CC(N)CC(=O)NCc1ccc(F)c(CN(C)C)c1. The molecule has 0 aliphatic rings. The standard InChI is InChI=1S/C14H22FN3O/c1-10(16)6-14(19)17-8-11-4-5-13(15)12(7-11)9-18(2)3/h4-5,7,10H,6,8-9,16H2,1-3H3,(H,17,19). The van der Waals surface area contributed by atoms with Crippen LogP contribution >= 0.6 is 0 Å². The van der Waals surface area contributed by atoms with Gasteiger partial charge in [0, 0.05) is 31.1 Å². The van der Waals surface area contributed by atoms with E-state index in [9.17, 15) is 9.18 Å². The molecule has 19 heavy (non-hydrogen) atoms. The maximum Gasteiger partial charge on any atom is 0.221 e. The number of carbonyl (C=O) groups excluding carboxylic acids is 1. The highest BCUT2D eigenvalue weighted by molar-refractivity contribution is 5.76. The van der Waals surface area contributed by atoms with Crippen molar-refractivity contribution >= 4 is 5.91 Å². The van der Waals surface area contributed by atoms with Gasteiger partial charge in [-0.25, -0.2) is 4.39 Å². The first-order chi connectivity index (χ1) is 8.88. The summed E-state index contributed by atoms with van der Waals surface area (Å²) in [5.41, 5.74) is 7.06. The van der Waals surface area contributed by atoms with Crippen LogP contribution in [0.3, 0.4) is 0 Å². The Balaban J connectivity index is 2.61. The largest absolute Gasteiger partial charge is 0.352 e. The predicted octanol–water partition coefficient (Wildman–Crippen LogP) is 1.24. The Labute approximate surface area is 113 Å². The van der Waals surface area contributed by atoms with E-state index in [0.29, 0.717) is 25.1 Å². The zero-order chi connectivity index (χ0) is 14.4. The molecule has 4 nitrogen and oxygen atoms in total. The summed E-state index contributed by atoms with van der Waals surface area (Å²) in [5, 5.41) is 2.78. The normalized spacial score (nSPS) is 12.5. The average Bonchev–Trinajstić information content (AvgIpc) is 2.28. The monoisotopic (exact) mass is 267 g/mol. The van der Waals surface area contributed by atoms with Crippen LogP contribution in [0.4, 0.5) is 4.39 Å². The number of hydrogen-bond donors (Lipinski definition) is 2. The molecular formula is C14H22FN3O. The highest BCUT2D eigenvalue weighted by Gasteiger charge is 2.07. The van der Waals surface area contributed by atoms with E-state index in [-0.39, 0.29) is 17.8 Å². The van der Waals surface area contributed by atoms with Crippen LogP contribution in [0.25, 0.3) is 0 Å². The van der Waals surface area contributed by atoms with Gasteiger partial charge in [-0.05, 0) is 38.7 Å². The van der Waals surface area contributed by atoms with E-state index in [0.717, 1.165) is 5.56 Å². The quantitative estimate of drug-likeness (QED) is 0.815. The van der Waals surface area contributed by atoms with Crippen molar-refractivity contribution in [2.24, 2.45) is 5.73 Å². The molecule has 106 valence electrons. The minimum atomic E-state index is -0.223. The molecule has 3 N–H and O–H groups in total. The Morgan fingerprint density at radius 1 is 1.47 bits per heavy atom. The Morgan fingerprint density at radius 2 is 2.16 bits per heavy atom. The summed E-state index contributed by atoms with van der Waals surface area (Å²) in [6.07, 6.45) is 0.297. The Bertz CT molecular complexity index is 433. The number of benzene rings is 1. The van der Waals surface area contributed by atoms with Crippen LogP contribution in [0, 0.1) is 5.82 Å². The number of nitrogens with one attached hydrogen (secondary N) is 1. The number of amides is 1. The van der Waals surface area contributed by atoms with Gasteiger partial charge in [0.25, 0.3) is 0 Å². The lowest BCUT2D eigenvalue weighted by Gasteiger charge is -2.12. The molecule has 1 aromatic rings. The summed E-state index contributed by atoms with van der Waals surface area (Å²) >= 11 is 0.